The minimum atomic E-state index is 0. The highest BCUT2D eigenvalue weighted by atomic mass is 127. The molecule has 3 aromatic rings. The number of guanidine groups is 1. The van der Waals surface area contributed by atoms with E-state index < -0.39 is 0 Å². The van der Waals surface area contributed by atoms with Crippen LogP contribution in [-0.2, 0) is 20.1 Å². The highest BCUT2D eigenvalue weighted by molar-refractivity contribution is 14.0. The van der Waals surface area contributed by atoms with E-state index in [1.807, 2.05) is 67.8 Å². The summed E-state index contributed by atoms with van der Waals surface area (Å²) >= 11 is 5.93. The van der Waals surface area contributed by atoms with Crippen molar-refractivity contribution in [2.24, 2.45) is 12.0 Å². The van der Waals surface area contributed by atoms with Crippen molar-refractivity contribution in [3.8, 4) is 5.69 Å². The summed E-state index contributed by atoms with van der Waals surface area (Å²) in [6.45, 7) is 1.37. The van der Waals surface area contributed by atoms with Gasteiger partial charge in [0.1, 0.15) is 0 Å². The molecule has 0 fully saturated rings. The number of nitrogens with zero attached hydrogens (tertiary/aromatic N) is 6. The smallest absolute Gasteiger partial charge is 0.193 e. The van der Waals surface area contributed by atoms with E-state index in [-0.39, 0.29) is 24.0 Å². The molecular weight excluding hydrogens is 477 g/mol. The summed E-state index contributed by atoms with van der Waals surface area (Å²) in [5.74, 6) is 0.813. The largest absolute Gasteiger partial charge is 0.352 e. The first-order chi connectivity index (χ1) is 12.5. The summed E-state index contributed by atoms with van der Waals surface area (Å²) in [4.78, 5) is 6.40. The zero-order valence-corrected chi connectivity index (χ0v) is 18.6. The lowest BCUT2D eigenvalue weighted by molar-refractivity contribution is 0.476. The molecule has 3 rings (SSSR count). The topological polar surface area (TPSA) is 63.3 Å². The predicted molar refractivity (Wildman–Crippen MR) is 119 cm³/mol. The average Bonchev–Trinajstić information content (AvgIpc) is 3.25. The summed E-state index contributed by atoms with van der Waals surface area (Å²) in [6, 6.07) is 7.58. The van der Waals surface area contributed by atoms with Crippen molar-refractivity contribution in [1.82, 2.24) is 29.8 Å². The Kier molecular flexibility index (Phi) is 7.66. The van der Waals surface area contributed by atoms with E-state index in [1.165, 1.54) is 0 Å². The van der Waals surface area contributed by atoms with Crippen LogP contribution < -0.4 is 5.32 Å². The van der Waals surface area contributed by atoms with Crippen molar-refractivity contribution in [3.63, 3.8) is 0 Å². The summed E-state index contributed by atoms with van der Waals surface area (Å²) in [5.41, 5.74) is 3.17. The molecule has 0 spiro atoms. The summed E-state index contributed by atoms with van der Waals surface area (Å²) in [5, 5.41) is 12.7. The molecule has 9 heteroatoms. The van der Waals surface area contributed by atoms with Crippen LogP contribution in [-0.4, -0.2) is 44.5 Å². The Morgan fingerprint density at radius 2 is 1.85 bits per heavy atom. The van der Waals surface area contributed by atoms with Crippen LogP contribution in [0, 0.1) is 0 Å². The van der Waals surface area contributed by atoms with Gasteiger partial charge in [-0.2, -0.15) is 10.2 Å². The third-order valence-corrected chi connectivity index (χ3v) is 4.18. The first-order valence-corrected chi connectivity index (χ1v) is 8.62. The fourth-order valence-electron chi connectivity index (χ4n) is 2.65. The van der Waals surface area contributed by atoms with Gasteiger partial charge in [-0.1, -0.05) is 11.6 Å². The zero-order valence-electron chi connectivity index (χ0n) is 15.5. The van der Waals surface area contributed by atoms with Crippen molar-refractivity contribution in [2.75, 3.05) is 14.1 Å². The number of halogens is 2. The molecule has 0 aliphatic heterocycles. The summed E-state index contributed by atoms with van der Waals surface area (Å²) in [6.07, 6.45) is 7.69. The quantitative estimate of drug-likeness (QED) is 0.333. The van der Waals surface area contributed by atoms with Crippen molar-refractivity contribution in [1.29, 1.82) is 0 Å². The first-order valence-electron chi connectivity index (χ1n) is 8.24. The Bertz CT molecular complexity index is 885. The van der Waals surface area contributed by atoms with Crippen molar-refractivity contribution < 1.29 is 0 Å². The van der Waals surface area contributed by atoms with Crippen LogP contribution in [0.1, 0.15) is 11.1 Å². The Hall–Kier alpha value is -2.07. The van der Waals surface area contributed by atoms with Gasteiger partial charge in [-0.15, -0.1) is 24.0 Å². The van der Waals surface area contributed by atoms with Crippen LogP contribution in [0.25, 0.3) is 5.69 Å². The molecule has 0 bridgehead atoms. The van der Waals surface area contributed by atoms with Gasteiger partial charge in [-0.3, -0.25) is 9.67 Å². The van der Waals surface area contributed by atoms with Gasteiger partial charge < -0.3 is 10.2 Å². The molecule has 2 aromatic heterocycles. The van der Waals surface area contributed by atoms with Crippen LogP contribution in [0.4, 0.5) is 0 Å². The standard InChI is InChI=1S/C18H22ClN7.HI/c1-20-18(24(2)11-15-10-22-25(3)12-15)21-8-14-9-23-26(13-14)17-6-4-16(19)5-7-17;/h4-7,9-10,12-13H,8,11H2,1-3H3,(H,20,21);1H. The zero-order chi connectivity index (χ0) is 18.5. The molecule has 27 heavy (non-hydrogen) atoms. The SMILES string of the molecule is CN=C(NCc1cnn(-c2ccc(Cl)cc2)c1)N(C)Cc1cnn(C)c1.I. The number of aryl methyl sites for hydroxylation is 1. The average molecular weight is 500 g/mol. The van der Waals surface area contributed by atoms with Gasteiger partial charge in [0, 0.05) is 62.8 Å². The molecule has 0 radical (unpaired) electrons. The molecule has 0 aliphatic rings. The van der Waals surface area contributed by atoms with Crippen LogP contribution in [0.2, 0.25) is 5.02 Å². The van der Waals surface area contributed by atoms with E-state index in [0.29, 0.717) is 11.6 Å². The molecular formula is C18H23ClIN7. The lowest BCUT2D eigenvalue weighted by Gasteiger charge is -2.21. The molecule has 1 N–H and O–H groups in total. The van der Waals surface area contributed by atoms with E-state index in [9.17, 15) is 0 Å². The molecule has 0 saturated heterocycles. The number of nitrogens with one attached hydrogen (secondary N) is 1. The fraction of sp³-hybridized carbons (Fsp3) is 0.278. The summed E-state index contributed by atoms with van der Waals surface area (Å²) in [7, 11) is 5.69. The molecule has 0 saturated carbocycles. The number of hydrogen-bond donors (Lipinski definition) is 1. The Morgan fingerprint density at radius 1 is 1.15 bits per heavy atom. The lowest BCUT2D eigenvalue weighted by atomic mass is 10.3. The van der Waals surface area contributed by atoms with Crippen molar-refractivity contribution >= 4 is 41.5 Å². The first kappa shape index (κ1) is 21.2. The van der Waals surface area contributed by atoms with Crippen LogP contribution in [0.15, 0.2) is 54.0 Å². The molecule has 7 nitrogen and oxygen atoms in total. The van der Waals surface area contributed by atoms with Crippen LogP contribution in [0.5, 0.6) is 0 Å². The second-order valence-corrected chi connectivity index (χ2v) is 6.49. The van der Waals surface area contributed by atoms with E-state index in [1.54, 1.807) is 11.7 Å². The Labute approximate surface area is 181 Å². The molecule has 1 aromatic carbocycles. The third kappa shape index (κ3) is 5.70. The van der Waals surface area contributed by atoms with Gasteiger partial charge in [0.15, 0.2) is 5.96 Å². The van der Waals surface area contributed by atoms with Gasteiger partial charge in [0.05, 0.1) is 18.1 Å². The van der Waals surface area contributed by atoms with Gasteiger partial charge in [-0.05, 0) is 24.3 Å². The number of rotatable bonds is 5. The molecule has 2 heterocycles. The van der Waals surface area contributed by atoms with Gasteiger partial charge in [0.25, 0.3) is 0 Å². The second kappa shape index (κ2) is 9.75. The maximum Gasteiger partial charge on any atom is 0.193 e. The van der Waals surface area contributed by atoms with Crippen molar-refractivity contribution in [2.45, 2.75) is 13.1 Å². The number of hydrogen-bond acceptors (Lipinski definition) is 3. The molecule has 0 aliphatic carbocycles. The third-order valence-electron chi connectivity index (χ3n) is 3.93. The van der Waals surface area contributed by atoms with E-state index in [4.69, 9.17) is 11.6 Å². The van der Waals surface area contributed by atoms with Gasteiger partial charge in [0.2, 0.25) is 0 Å². The molecule has 0 atom stereocenters. The normalized spacial score (nSPS) is 11.2. The van der Waals surface area contributed by atoms with E-state index >= 15 is 0 Å². The maximum atomic E-state index is 5.93. The maximum absolute atomic E-state index is 5.93. The Balaban J connectivity index is 0.00000261. The minimum Gasteiger partial charge on any atom is -0.352 e. The molecule has 0 unspecified atom stereocenters. The van der Waals surface area contributed by atoms with Gasteiger partial charge in [-0.25, -0.2) is 4.68 Å². The van der Waals surface area contributed by atoms with Crippen LogP contribution >= 0.6 is 35.6 Å². The van der Waals surface area contributed by atoms with Crippen molar-refractivity contribution in [3.05, 3.63) is 65.2 Å². The minimum absolute atomic E-state index is 0. The monoisotopic (exact) mass is 499 g/mol. The highest BCUT2D eigenvalue weighted by Gasteiger charge is 2.09. The lowest BCUT2D eigenvalue weighted by Crippen LogP contribution is -2.37. The van der Waals surface area contributed by atoms with E-state index in [2.05, 4.69) is 25.4 Å². The molecule has 144 valence electrons. The second-order valence-electron chi connectivity index (χ2n) is 6.05. The predicted octanol–water partition coefficient (Wildman–Crippen LogP) is 3.08. The fourth-order valence-corrected chi connectivity index (χ4v) is 2.78. The summed E-state index contributed by atoms with van der Waals surface area (Å²) < 4.78 is 3.62. The number of benzene rings is 1. The van der Waals surface area contributed by atoms with Crippen LogP contribution in [0.3, 0.4) is 0 Å². The Morgan fingerprint density at radius 3 is 2.48 bits per heavy atom. The highest BCUT2D eigenvalue weighted by Crippen LogP contribution is 2.13. The van der Waals surface area contributed by atoms with Gasteiger partial charge >= 0.3 is 0 Å². The molecule has 0 amide bonds. The number of aliphatic imine (C=N–C) groups is 1. The van der Waals surface area contributed by atoms with E-state index in [0.717, 1.165) is 29.3 Å². The number of aromatic nitrogens is 4.